The lowest BCUT2D eigenvalue weighted by atomic mass is 9.51. The van der Waals surface area contributed by atoms with Crippen molar-refractivity contribution in [2.45, 2.75) is 62.5 Å². The Labute approximate surface area is 180 Å². The van der Waals surface area contributed by atoms with Gasteiger partial charge in [0.05, 0.1) is 19.6 Å². The molecule has 3 unspecified atom stereocenters. The minimum Gasteiger partial charge on any atom is -1.00 e. The van der Waals surface area contributed by atoms with E-state index in [1.165, 1.54) is 48.9 Å². The summed E-state index contributed by atoms with van der Waals surface area (Å²) in [7, 11) is 2.47. The molecule has 2 heterocycles. The average molecular weight is 417 g/mol. The van der Waals surface area contributed by atoms with Gasteiger partial charge in [0.25, 0.3) is 0 Å². The number of nitrogens with two attached hydrogens (primary N) is 1. The number of amides is 1. The number of carbonyl (C=O) groups is 1. The molecule has 1 saturated carbocycles. The average Bonchev–Trinajstić information content (AvgIpc) is 3.17. The van der Waals surface area contributed by atoms with Gasteiger partial charge in [-0.25, -0.2) is 0 Å². The van der Waals surface area contributed by atoms with Gasteiger partial charge in [-0.3, -0.25) is 4.79 Å². The highest BCUT2D eigenvalue weighted by molar-refractivity contribution is 5.93. The van der Waals surface area contributed by atoms with Crippen LogP contribution in [-0.4, -0.2) is 49.3 Å². The van der Waals surface area contributed by atoms with E-state index in [1.807, 2.05) is 6.07 Å². The van der Waals surface area contributed by atoms with E-state index in [2.05, 4.69) is 25.8 Å². The molecule has 2 bridgehead atoms. The summed E-state index contributed by atoms with van der Waals surface area (Å²) in [5.41, 5.74) is 10.6. The van der Waals surface area contributed by atoms with E-state index in [-0.39, 0.29) is 23.7 Å². The number of carbonyl (C=O) groups excluding carboxylic acids is 1. The van der Waals surface area contributed by atoms with Crippen LogP contribution in [0.1, 0.15) is 60.0 Å². The number of quaternary nitrogens is 1. The molecular weight excluding hydrogens is 384 g/mol. The van der Waals surface area contributed by atoms with Crippen molar-refractivity contribution in [3.8, 4) is 0 Å². The minimum atomic E-state index is -0.317. The molecular formula is C24H33ClN2O2. The van der Waals surface area contributed by atoms with Gasteiger partial charge in [0.2, 0.25) is 5.91 Å². The zero-order valence-electron chi connectivity index (χ0n) is 17.5. The van der Waals surface area contributed by atoms with Crippen molar-refractivity contribution in [3.05, 3.63) is 47.0 Å². The van der Waals surface area contributed by atoms with Gasteiger partial charge in [0, 0.05) is 36.3 Å². The molecule has 1 aromatic carbocycles. The molecule has 5 rings (SSSR count). The number of primary amides is 1. The van der Waals surface area contributed by atoms with Crippen LogP contribution in [0.2, 0.25) is 0 Å². The molecule has 0 aromatic heterocycles. The first-order chi connectivity index (χ1) is 13.4. The number of piperidine rings is 1. The Bertz CT molecular complexity index is 834. The third kappa shape index (κ3) is 3.24. The Balaban J connectivity index is 0.00000205. The van der Waals surface area contributed by atoms with E-state index in [0.29, 0.717) is 23.6 Å². The lowest BCUT2D eigenvalue weighted by Gasteiger charge is -2.62. The molecule has 5 heteroatoms. The Morgan fingerprint density at radius 2 is 2.21 bits per heavy atom. The van der Waals surface area contributed by atoms with E-state index >= 15 is 0 Å². The zero-order chi connectivity index (χ0) is 19.5. The van der Waals surface area contributed by atoms with Crippen LogP contribution in [-0.2, 0) is 16.6 Å². The number of hydrogen-bond acceptors (Lipinski definition) is 2. The molecule has 4 nitrogen and oxygen atoms in total. The van der Waals surface area contributed by atoms with E-state index in [9.17, 15) is 4.79 Å². The van der Waals surface area contributed by atoms with Crippen molar-refractivity contribution >= 4 is 5.91 Å². The van der Waals surface area contributed by atoms with Crippen LogP contribution in [0, 0.1) is 5.92 Å². The summed E-state index contributed by atoms with van der Waals surface area (Å²) < 4.78 is 7.18. The number of halogens is 1. The van der Waals surface area contributed by atoms with E-state index in [0.717, 1.165) is 36.9 Å². The highest BCUT2D eigenvalue weighted by Crippen LogP contribution is 2.58. The summed E-state index contributed by atoms with van der Waals surface area (Å²) in [5.74, 6) is 0.344. The van der Waals surface area contributed by atoms with E-state index in [1.54, 1.807) is 0 Å². The number of likely N-dealkylation sites (tertiary alicyclic amines) is 1. The maximum Gasteiger partial charge on any atom is 0.248 e. The monoisotopic (exact) mass is 416 g/mol. The van der Waals surface area contributed by atoms with Gasteiger partial charge >= 0.3 is 0 Å². The third-order valence-electron chi connectivity index (χ3n) is 8.42. The van der Waals surface area contributed by atoms with Crippen LogP contribution in [0.3, 0.4) is 0 Å². The van der Waals surface area contributed by atoms with Crippen molar-refractivity contribution in [2.24, 2.45) is 11.7 Å². The number of allylic oxidation sites excluding steroid dienone is 1. The predicted molar refractivity (Wildman–Crippen MR) is 110 cm³/mol. The number of hydrogen-bond donors (Lipinski definition) is 1. The molecule has 2 N–H and O–H groups in total. The van der Waals surface area contributed by atoms with Crippen LogP contribution in [0.15, 0.2) is 30.4 Å². The van der Waals surface area contributed by atoms with Gasteiger partial charge < -0.3 is 27.4 Å². The van der Waals surface area contributed by atoms with Crippen molar-refractivity contribution in [1.29, 1.82) is 0 Å². The lowest BCUT2D eigenvalue weighted by Crippen LogP contribution is -3.00. The molecule has 5 atom stereocenters. The molecule has 158 valence electrons. The first-order valence-corrected chi connectivity index (χ1v) is 11.0. The number of rotatable bonds is 3. The van der Waals surface area contributed by atoms with Gasteiger partial charge in [-0.2, -0.15) is 0 Å². The van der Waals surface area contributed by atoms with Crippen molar-refractivity contribution in [1.82, 2.24) is 0 Å². The molecule has 2 aliphatic heterocycles. The Hall–Kier alpha value is -1.36. The fourth-order valence-electron chi connectivity index (χ4n) is 7.06. The quantitative estimate of drug-likeness (QED) is 0.570. The SMILES string of the molecule is C=C1CCC2C3Cc4ccc(C(N)=O)cc4C2(CC[N@@+]3(C)C[C@@H]2CCCO2)C1.[Cl-]. The lowest BCUT2D eigenvalue weighted by molar-refractivity contribution is -0.947. The topological polar surface area (TPSA) is 52.3 Å². The first-order valence-electron chi connectivity index (χ1n) is 11.0. The molecule has 0 radical (unpaired) electrons. The van der Waals surface area contributed by atoms with Gasteiger partial charge in [-0.05, 0) is 55.4 Å². The normalized spacial score (nSPS) is 38.0. The standard InChI is InChI=1S/C24H32N2O2.ClH/c1-16-5-8-20-22-13-17-6-7-18(23(25)27)12-21(17)24(20,14-16)9-10-26(22,2)15-19-4-3-11-28-19;/h6-7,12,19-20,22H,1,3-5,8-11,13-15H2,2H3,(H-,25,27);1H/t19-,20?,22?,24?,26-;/m0./s1. The highest BCUT2D eigenvalue weighted by Gasteiger charge is 2.60. The summed E-state index contributed by atoms with van der Waals surface area (Å²) >= 11 is 0. The number of benzene rings is 1. The van der Waals surface area contributed by atoms with Crippen LogP contribution in [0.4, 0.5) is 0 Å². The Morgan fingerprint density at radius 3 is 2.93 bits per heavy atom. The summed E-state index contributed by atoms with van der Waals surface area (Å²) in [6.45, 7) is 7.65. The van der Waals surface area contributed by atoms with Crippen LogP contribution in [0.25, 0.3) is 0 Å². The van der Waals surface area contributed by atoms with Gasteiger partial charge in [-0.1, -0.05) is 18.2 Å². The molecule has 1 aromatic rings. The van der Waals surface area contributed by atoms with Crippen LogP contribution < -0.4 is 18.1 Å². The van der Waals surface area contributed by atoms with Crippen molar-refractivity contribution in [2.75, 3.05) is 26.7 Å². The van der Waals surface area contributed by atoms with Gasteiger partial charge in [-0.15, -0.1) is 0 Å². The molecule has 29 heavy (non-hydrogen) atoms. The summed E-state index contributed by atoms with van der Waals surface area (Å²) in [6.07, 6.45) is 8.57. The maximum absolute atomic E-state index is 11.9. The van der Waals surface area contributed by atoms with E-state index in [4.69, 9.17) is 10.5 Å². The smallest absolute Gasteiger partial charge is 0.248 e. The number of fused-ring (bicyclic) bond motifs is 1. The fraction of sp³-hybridized carbons (Fsp3) is 0.625. The number of likely N-dealkylation sites (N-methyl/N-ethyl adjacent to an activating group) is 1. The molecule has 2 aliphatic carbocycles. The second-order valence-corrected chi connectivity index (χ2v) is 10.0. The Kier molecular flexibility index (Phi) is 5.33. The van der Waals surface area contributed by atoms with Crippen molar-refractivity contribution in [3.63, 3.8) is 0 Å². The minimum absolute atomic E-state index is 0. The molecule has 3 fully saturated rings. The second-order valence-electron chi connectivity index (χ2n) is 10.0. The van der Waals surface area contributed by atoms with Crippen molar-refractivity contribution < 1.29 is 26.4 Å². The molecule has 4 aliphatic rings. The third-order valence-corrected chi connectivity index (χ3v) is 8.42. The summed E-state index contributed by atoms with van der Waals surface area (Å²) in [5, 5.41) is 0. The van der Waals surface area contributed by atoms with Gasteiger partial charge in [0.1, 0.15) is 12.6 Å². The number of ether oxygens (including phenoxy) is 1. The van der Waals surface area contributed by atoms with Crippen LogP contribution in [0.5, 0.6) is 0 Å². The van der Waals surface area contributed by atoms with E-state index < -0.39 is 0 Å². The maximum atomic E-state index is 11.9. The van der Waals surface area contributed by atoms with Crippen LogP contribution >= 0.6 is 0 Å². The fourth-order valence-corrected chi connectivity index (χ4v) is 7.06. The predicted octanol–water partition coefficient (Wildman–Crippen LogP) is 0.338. The summed E-state index contributed by atoms with van der Waals surface area (Å²) in [6, 6.07) is 6.86. The molecule has 1 amide bonds. The molecule has 0 spiro atoms. The zero-order valence-corrected chi connectivity index (χ0v) is 18.2. The summed E-state index contributed by atoms with van der Waals surface area (Å²) in [4.78, 5) is 11.9. The molecule has 2 saturated heterocycles. The Morgan fingerprint density at radius 1 is 1.38 bits per heavy atom. The largest absolute Gasteiger partial charge is 1.00 e. The number of nitrogens with zero attached hydrogens (tertiary/aromatic N) is 1. The second kappa shape index (κ2) is 7.40. The highest BCUT2D eigenvalue weighted by atomic mass is 35.5. The first kappa shape index (κ1) is 20.9. The van der Waals surface area contributed by atoms with Gasteiger partial charge in [0.15, 0.2) is 0 Å².